The molecule has 196 valence electrons. The van der Waals surface area contributed by atoms with E-state index in [2.05, 4.69) is 5.32 Å². The third kappa shape index (κ3) is 10.7. The Kier molecular flexibility index (Phi) is 11.0. The van der Waals surface area contributed by atoms with Gasteiger partial charge in [-0.1, -0.05) is 25.6 Å². The lowest BCUT2D eigenvalue weighted by Gasteiger charge is -2.44. The largest absolute Gasteiger partial charge is 0.481 e. The summed E-state index contributed by atoms with van der Waals surface area (Å²) in [6.45, 7) is 13.0. The van der Waals surface area contributed by atoms with Crippen LogP contribution in [0.4, 0.5) is 0 Å². The summed E-state index contributed by atoms with van der Waals surface area (Å²) < 4.78 is 16.9. The van der Waals surface area contributed by atoms with Gasteiger partial charge < -0.3 is 30.4 Å². The van der Waals surface area contributed by atoms with Crippen LogP contribution in [0.2, 0.25) is 0 Å². The minimum atomic E-state index is -1.06. The molecule has 11 heteroatoms. The molecule has 1 fully saturated rings. The van der Waals surface area contributed by atoms with Crippen molar-refractivity contribution in [3.05, 3.63) is 0 Å². The topological polar surface area (TPSA) is 154 Å². The van der Waals surface area contributed by atoms with Gasteiger partial charge in [-0.3, -0.25) is 19.2 Å². The average Bonchev–Trinajstić information content (AvgIpc) is 2.67. The Bertz CT molecular complexity index is 748. The molecule has 0 aliphatic carbocycles. The van der Waals surface area contributed by atoms with Gasteiger partial charge in [0.1, 0.15) is 11.7 Å². The quantitative estimate of drug-likeness (QED) is 0.356. The Balaban J connectivity index is 2.72. The molecule has 1 unspecified atom stereocenters. The number of carbonyl (C=O) groups is 4. The van der Waals surface area contributed by atoms with Gasteiger partial charge in [-0.25, -0.2) is 0 Å². The lowest BCUT2D eigenvalue weighted by Crippen LogP contribution is -2.56. The Morgan fingerprint density at radius 3 is 2.35 bits per heavy atom. The second kappa shape index (κ2) is 12.3. The highest BCUT2D eigenvalue weighted by atomic mass is 32.2. The molecule has 1 aliphatic rings. The smallest absolute Gasteiger partial charge is 0.311 e. The number of hydrogen-bond acceptors (Lipinski definition) is 9. The van der Waals surface area contributed by atoms with Crippen molar-refractivity contribution in [1.29, 1.82) is 0 Å². The number of carboxylic acids is 1. The summed E-state index contributed by atoms with van der Waals surface area (Å²) >= 11 is 0.867. The van der Waals surface area contributed by atoms with Crippen LogP contribution in [0.5, 0.6) is 0 Å². The molecule has 1 saturated heterocycles. The van der Waals surface area contributed by atoms with E-state index >= 15 is 0 Å². The molecule has 34 heavy (non-hydrogen) atoms. The Morgan fingerprint density at radius 1 is 1.18 bits per heavy atom. The van der Waals surface area contributed by atoms with Crippen molar-refractivity contribution in [3.8, 4) is 0 Å². The van der Waals surface area contributed by atoms with Gasteiger partial charge >= 0.3 is 11.9 Å². The van der Waals surface area contributed by atoms with Crippen molar-refractivity contribution < 1.29 is 38.5 Å². The standard InChI is InChI=1S/C23H40N2O8S/c1-21(2,3)33-20(30)14(12-34-17(28)9-8-16(26)27)15(24)10-11-25-19(29)18-22(4,5)13-31-23(6,7)32-18/h14-15,18H,8-13,24H2,1-7H3,(H,25,29)(H,26,27)/t14-,15?,18+/m1/s1. The highest BCUT2D eigenvalue weighted by molar-refractivity contribution is 8.13. The van der Waals surface area contributed by atoms with Crippen molar-refractivity contribution in [1.82, 2.24) is 5.32 Å². The summed E-state index contributed by atoms with van der Waals surface area (Å²) in [7, 11) is 0. The fourth-order valence-corrected chi connectivity index (χ4v) is 4.18. The summed E-state index contributed by atoms with van der Waals surface area (Å²) in [5.41, 5.74) is 5.03. The van der Waals surface area contributed by atoms with Crippen molar-refractivity contribution in [2.75, 3.05) is 18.9 Å². The van der Waals surface area contributed by atoms with Gasteiger partial charge in [-0.15, -0.1) is 0 Å². The second-order valence-electron chi connectivity index (χ2n) is 10.6. The van der Waals surface area contributed by atoms with Gasteiger partial charge in [0.15, 0.2) is 10.9 Å². The first-order valence-corrected chi connectivity index (χ1v) is 12.4. The van der Waals surface area contributed by atoms with Crippen molar-refractivity contribution in [3.63, 3.8) is 0 Å². The van der Waals surface area contributed by atoms with Gasteiger partial charge in [0, 0.05) is 30.2 Å². The Labute approximate surface area is 206 Å². The fraction of sp³-hybridized carbons (Fsp3) is 0.826. The predicted octanol–water partition coefficient (Wildman–Crippen LogP) is 2.08. The van der Waals surface area contributed by atoms with Crippen LogP contribution in [0.15, 0.2) is 0 Å². The molecule has 0 spiro atoms. The van der Waals surface area contributed by atoms with Gasteiger partial charge in [0.05, 0.1) is 18.9 Å². The molecule has 0 bridgehead atoms. The summed E-state index contributed by atoms with van der Waals surface area (Å²) in [6.07, 6.45) is -0.852. The van der Waals surface area contributed by atoms with Crippen LogP contribution < -0.4 is 11.1 Å². The molecule has 1 aliphatic heterocycles. The zero-order chi connectivity index (χ0) is 26.3. The van der Waals surface area contributed by atoms with Gasteiger partial charge in [0.25, 0.3) is 0 Å². The Hall–Kier alpha value is -1.69. The van der Waals surface area contributed by atoms with E-state index in [1.165, 1.54) is 0 Å². The maximum Gasteiger partial charge on any atom is 0.311 e. The third-order valence-corrected chi connectivity index (χ3v) is 6.16. The van der Waals surface area contributed by atoms with Crippen molar-refractivity contribution >= 4 is 34.7 Å². The maximum absolute atomic E-state index is 12.8. The number of nitrogens with one attached hydrogen (secondary N) is 1. The number of thioether (sulfide) groups is 1. The number of carbonyl (C=O) groups excluding carboxylic acids is 3. The number of esters is 1. The van der Waals surface area contributed by atoms with Gasteiger partial charge in [0.2, 0.25) is 5.91 Å². The maximum atomic E-state index is 12.8. The first kappa shape index (κ1) is 30.3. The average molecular weight is 505 g/mol. The van der Waals surface area contributed by atoms with Crippen LogP contribution in [0, 0.1) is 11.3 Å². The number of aliphatic carboxylic acids is 1. The van der Waals surface area contributed by atoms with E-state index in [1.807, 2.05) is 13.8 Å². The van der Waals surface area contributed by atoms with Gasteiger partial charge in [-0.05, 0) is 41.0 Å². The first-order valence-electron chi connectivity index (χ1n) is 11.4. The summed E-state index contributed by atoms with van der Waals surface area (Å²) in [4.78, 5) is 48.2. The SMILES string of the molecule is CC(C)(C)OC(=O)[C@H](CSC(=O)CCC(=O)O)C(N)CCNC(=O)[C@@H]1OC(C)(C)OCC1(C)C. The number of nitrogens with two attached hydrogens (primary N) is 1. The molecule has 10 nitrogen and oxygen atoms in total. The highest BCUT2D eigenvalue weighted by Gasteiger charge is 2.45. The zero-order valence-electron chi connectivity index (χ0n) is 21.3. The second-order valence-corrected chi connectivity index (χ2v) is 11.7. The van der Waals surface area contributed by atoms with Crippen molar-refractivity contribution in [2.24, 2.45) is 17.1 Å². The lowest BCUT2D eigenvalue weighted by atomic mass is 9.85. The molecule has 0 aromatic rings. The van der Waals surface area contributed by atoms with E-state index < -0.39 is 46.8 Å². The number of ether oxygens (including phenoxy) is 3. The summed E-state index contributed by atoms with van der Waals surface area (Å²) in [6, 6.07) is -0.685. The molecule has 1 rings (SSSR count). The zero-order valence-corrected chi connectivity index (χ0v) is 22.1. The molecule has 3 atom stereocenters. The fourth-order valence-electron chi connectivity index (χ4n) is 3.18. The summed E-state index contributed by atoms with van der Waals surface area (Å²) in [5, 5.41) is 11.2. The van der Waals surface area contributed by atoms with Crippen LogP contribution >= 0.6 is 11.8 Å². The van der Waals surface area contributed by atoms with E-state index in [1.54, 1.807) is 34.6 Å². The van der Waals surface area contributed by atoms with Crippen LogP contribution in [-0.2, 0) is 33.4 Å². The monoisotopic (exact) mass is 504 g/mol. The molecule has 4 N–H and O–H groups in total. The number of amides is 1. The molecule has 0 aromatic carbocycles. The number of hydrogen-bond donors (Lipinski definition) is 3. The van der Waals surface area contributed by atoms with Crippen LogP contribution in [0.3, 0.4) is 0 Å². The minimum absolute atomic E-state index is 0.0623. The predicted molar refractivity (Wildman–Crippen MR) is 128 cm³/mol. The highest BCUT2D eigenvalue weighted by Crippen LogP contribution is 2.34. The summed E-state index contributed by atoms with van der Waals surface area (Å²) in [5.74, 6) is -3.51. The van der Waals surface area contributed by atoms with Gasteiger partial charge in [-0.2, -0.15) is 0 Å². The molecule has 0 saturated carbocycles. The Morgan fingerprint density at radius 2 is 1.79 bits per heavy atom. The number of carboxylic acid groups (broad SMARTS) is 1. The van der Waals surface area contributed by atoms with E-state index in [0.29, 0.717) is 6.61 Å². The van der Waals surface area contributed by atoms with E-state index in [0.717, 1.165) is 11.8 Å². The molecule has 1 heterocycles. The van der Waals surface area contributed by atoms with E-state index in [-0.39, 0.29) is 42.6 Å². The molecular formula is C23H40N2O8S. The van der Waals surface area contributed by atoms with Crippen LogP contribution in [-0.4, -0.2) is 70.5 Å². The van der Waals surface area contributed by atoms with Crippen molar-refractivity contribution in [2.45, 2.75) is 91.3 Å². The van der Waals surface area contributed by atoms with E-state index in [4.69, 9.17) is 25.1 Å². The third-order valence-electron chi connectivity index (χ3n) is 5.11. The molecule has 1 amide bonds. The van der Waals surface area contributed by atoms with E-state index in [9.17, 15) is 19.2 Å². The normalized spacial score (nSPS) is 21.2. The first-order chi connectivity index (χ1) is 15.4. The van der Waals surface area contributed by atoms with Crippen LogP contribution in [0.25, 0.3) is 0 Å². The molecule has 0 aromatic heterocycles. The lowest BCUT2D eigenvalue weighted by molar-refractivity contribution is -0.304. The van der Waals surface area contributed by atoms with Crippen LogP contribution in [0.1, 0.15) is 67.7 Å². The molecule has 0 radical (unpaired) electrons. The molecular weight excluding hydrogens is 464 g/mol. The minimum Gasteiger partial charge on any atom is -0.481 e. The number of rotatable bonds is 11.